The summed E-state index contributed by atoms with van der Waals surface area (Å²) < 4.78 is 15.7. The summed E-state index contributed by atoms with van der Waals surface area (Å²) in [7, 11) is 3.12. The number of esters is 1. The van der Waals surface area contributed by atoms with E-state index in [1.165, 1.54) is 11.8 Å². The number of aromatic nitrogens is 1. The van der Waals surface area contributed by atoms with Gasteiger partial charge in [-0.15, -0.1) is 11.8 Å². The summed E-state index contributed by atoms with van der Waals surface area (Å²) in [4.78, 5) is 28.5. The zero-order valence-electron chi connectivity index (χ0n) is 15.6. The van der Waals surface area contributed by atoms with E-state index in [4.69, 9.17) is 14.2 Å². The van der Waals surface area contributed by atoms with Crippen LogP contribution in [0.15, 0.2) is 41.6 Å². The molecule has 1 amide bonds. The fourth-order valence-electron chi connectivity index (χ4n) is 2.46. The molecule has 8 heteroatoms. The number of thioether (sulfide) groups is 1. The van der Waals surface area contributed by atoms with Crippen molar-refractivity contribution in [3.8, 4) is 11.5 Å². The monoisotopic (exact) mass is 390 g/mol. The van der Waals surface area contributed by atoms with Crippen molar-refractivity contribution in [2.24, 2.45) is 0 Å². The number of amides is 1. The lowest BCUT2D eigenvalue weighted by atomic mass is 10.1. The summed E-state index contributed by atoms with van der Waals surface area (Å²) >= 11 is 1.34. The highest BCUT2D eigenvalue weighted by molar-refractivity contribution is 7.98. The number of hydrogen-bond acceptors (Lipinski definition) is 7. The van der Waals surface area contributed by atoms with Crippen molar-refractivity contribution in [3.63, 3.8) is 0 Å². The molecule has 0 radical (unpaired) electrons. The second kappa shape index (κ2) is 9.82. The zero-order valence-corrected chi connectivity index (χ0v) is 16.5. The molecule has 0 spiro atoms. The van der Waals surface area contributed by atoms with Crippen LogP contribution in [0.4, 0.5) is 0 Å². The molecule has 7 nitrogen and oxygen atoms in total. The summed E-state index contributed by atoms with van der Waals surface area (Å²) in [5.74, 6) is 0.268. The molecule has 0 aliphatic rings. The minimum Gasteiger partial charge on any atom is -0.497 e. The van der Waals surface area contributed by atoms with Crippen LogP contribution in [-0.4, -0.2) is 43.9 Å². The molecular formula is C19H22N2O5S. The predicted octanol–water partition coefficient (Wildman–Crippen LogP) is 2.85. The van der Waals surface area contributed by atoms with Crippen LogP contribution in [0.25, 0.3) is 0 Å². The molecule has 1 heterocycles. The van der Waals surface area contributed by atoms with Crippen LogP contribution in [0.1, 0.15) is 28.9 Å². The smallest absolute Gasteiger partial charge is 0.341 e. The van der Waals surface area contributed by atoms with Crippen molar-refractivity contribution in [3.05, 3.63) is 47.7 Å². The first-order valence-corrected chi connectivity index (χ1v) is 9.40. The Labute approximate surface area is 162 Å². The molecule has 1 N–H and O–H groups in total. The third-order valence-electron chi connectivity index (χ3n) is 3.80. The second-order valence-corrected chi connectivity index (χ2v) is 6.33. The highest BCUT2D eigenvalue weighted by Crippen LogP contribution is 2.29. The number of ether oxygens (including phenoxy) is 3. The average Bonchev–Trinajstić information content (AvgIpc) is 2.71. The Hall–Kier alpha value is -2.74. The van der Waals surface area contributed by atoms with Gasteiger partial charge >= 0.3 is 5.97 Å². The molecule has 1 atom stereocenters. The Morgan fingerprint density at radius 2 is 2.00 bits per heavy atom. The fraction of sp³-hybridized carbons (Fsp3) is 0.316. The molecule has 1 aromatic heterocycles. The summed E-state index contributed by atoms with van der Waals surface area (Å²) in [6.07, 6.45) is 3.41. The van der Waals surface area contributed by atoms with Crippen molar-refractivity contribution in [2.45, 2.75) is 18.0 Å². The van der Waals surface area contributed by atoms with Gasteiger partial charge < -0.3 is 19.5 Å². The van der Waals surface area contributed by atoms with Gasteiger partial charge in [-0.05, 0) is 43.5 Å². The Balaban J connectivity index is 1.98. The molecule has 0 unspecified atom stereocenters. The molecule has 0 aliphatic heterocycles. The highest BCUT2D eigenvalue weighted by atomic mass is 32.2. The van der Waals surface area contributed by atoms with Gasteiger partial charge in [-0.3, -0.25) is 4.79 Å². The summed E-state index contributed by atoms with van der Waals surface area (Å²) in [6.45, 7) is 1.42. The quantitative estimate of drug-likeness (QED) is 0.548. The van der Waals surface area contributed by atoms with E-state index in [2.05, 4.69) is 10.3 Å². The third-order valence-corrected chi connectivity index (χ3v) is 4.51. The number of rotatable bonds is 8. The molecule has 144 valence electrons. The maximum absolute atomic E-state index is 12.2. The Kier molecular flexibility index (Phi) is 7.48. The van der Waals surface area contributed by atoms with Crippen LogP contribution in [0.5, 0.6) is 11.5 Å². The fourth-order valence-corrected chi connectivity index (χ4v) is 2.99. The molecule has 0 aliphatic carbocycles. The van der Waals surface area contributed by atoms with Gasteiger partial charge in [0.25, 0.3) is 5.91 Å². The van der Waals surface area contributed by atoms with E-state index in [9.17, 15) is 9.59 Å². The summed E-state index contributed by atoms with van der Waals surface area (Å²) in [6, 6.07) is 8.23. The first-order chi connectivity index (χ1) is 13.0. The topological polar surface area (TPSA) is 86.8 Å². The van der Waals surface area contributed by atoms with E-state index >= 15 is 0 Å². The minimum absolute atomic E-state index is 0.334. The van der Waals surface area contributed by atoms with Crippen LogP contribution >= 0.6 is 11.8 Å². The lowest BCUT2D eigenvalue weighted by Crippen LogP contribution is -2.31. The van der Waals surface area contributed by atoms with Crippen molar-refractivity contribution < 1.29 is 23.8 Å². The van der Waals surface area contributed by atoms with Gasteiger partial charge in [0.2, 0.25) is 0 Å². The number of carbonyl (C=O) groups is 2. The maximum Gasteiger partial charge on any atom is 0.341 e. The van der Waals surface area contributed by atoms with E-state index in [1.54, 1.807) is 50.7 Å². The third kappa shape index (κ3) is 5.37. The van der Waals surface area contributed by atoms with Crippen LogP contribution in [0.3, 0.4) is 0 Å². The lowest BCUT2D eigenvalue weighted by molar-refractivity contribution is -0.124. The number of carbonyl (C=O) groups excluding carboxylic acids is 2. The summed E-state index contributed by atoms with van der Waals surface area (Å²) in [5, 5.41) is 3.34. The number of methoxy groups -OCH3 is 2. The highest BCUT2D eigenvalue weighted by Gasteiger charge is 2.18. The Bertz CT molecular complexity index is 812. The standard InChI is InChI=1S/C19H22N2O5S/c1-12(15-10-13(24-2)7-8-16(15)25-3)21-17(22)11-26-19(23)14-6-5-9-20-18(14)27-4/h5-10,12H,11H2,1-4H3,(H,21,22)/t12-/m0/s1. The Morgan fingerprint density at radius 3 is 2.67 bits per heavy atom. The molecule has 27 heavy (non-hydrogen) atoms. The lowest BCUT2D eigenvalue weighted by Gasteiger charge is -2.18. The van der Waals surface area contributed by atoms with E-state index in [0.29, 0.717) is 22.1 Å². The normalized spacial score (nSPS) is 11.4. The molecule has 2 aromatic rings. The molecule has 1 aromatic carbocycles. The van der Waals surface area contributed by atoms with E-state index < -0.39 is 18.5 Å². The summed E-state index contributed by atoms with van der Waals surface area (Å²) in [5.41, 5.74) is 1.09. The Morgan fingerprint density at radius 1 is 1.22 bits per heavy atom. The van der Waals surface area contributed by atoms with Crippen LogP contribution in [-0.2, 0) is 9.53 Å². The van der Waals surface area contributed by atoms with Crippen molar-refractivity contribution >= 4 is 23.6 Å². The van der Waals surface area contributed by atoms with Crippen molar-refractivity contribution in [2.75, 3.05) is 27.1 Å². The largest absolute Gasteiger partial charge is 0.497 e. The minimum atomic E-state index is -0.589. The average molecular weight is 390 g/mol. The second-order valence-electron chi connectivity index (χ2n) is 5.53. The molecular weight excluding hydrogens is 368 g/mol. The SMILES string of the molecule is COc1ccc(OC)c([C@H](C)NC(=O)COC(=O)c2cccnc2SC)c1. The van der Waals surface area contributed by atoms with E-state index in [-0.39, 0.29) is 6.04 Å². The molecule has 0 saturated heterocycles. The van der Waals surface area contributed by atoms with Gasteiger partial charge in [0.15, 0.2) is 6.61 Å². The molecule has 2 rings (SSSR count). The van der Waals surface area contributed by atoms with Crippen LogP contribution in [0.2, 0.25) is 0 Å². The molecule has 0 fully saturated rings. The van der Waals surface area contributed by atoms with Gasteiger partial charge in [-0.2, -0.15) is 0 Å². The number of pyridine rings is 1. The molecule has 0 saturated carbocycles. The van der Waals surface area contributed by atoms with Gasteiger partial charge in [0.1, 0.15) is 16.5 Å². The zero-order chi connectivity index (χ0) is 19.8. The first kappa shape index (κ1) is 20.6. The van der Waals surface area contributed by atoms with Gasteiger partial charge in [0, 0.05) is 11.8 Å². The van der Waals surface area contributed by atoms with E-state index in [0.717, 1.165) is 5.56 Å². The van der Waals surface area contributed by atoms with Crippen molar-refractivity contribution in [1.29, 1.82) is 0 Å². The first-order valence-electron chi connectivity index (χ1n) is 8.17. The molecule has 0 bridgehead atoms. The van der Waals surface area contributed by atoms with Gasteiger partial charge in [-0.1, -0.05) is 0 Å². The maximum atomic E-state index is 12.2. The van der Waals surface area contributed by atoms with Crippen LogP contribution < -0.4 is 14.8 Å². The van der Waals surface area contributed by atoms with Crippen LogP contribution in [0, 0.1) is 0 Å². The van der Waals surface area contributed by atoms with Gasteiger partial charge in [-0.25, -0.2) is 9.78 Å². The predicted molar refractivity (Wildman–Crippen MR) is 102 cm³/mol. The number of nitrogens with one attached hydrogen (secondary N) is 1. The van der Waals surface area contributed by atoms with E-state index in [1.807, 2.05) is 13.2 Å². The number of benzene rings is 1. The van der Waals surface area contributed by atoms with Crippen molar-refractivity contribution in [1.82, 2.24) is 10.3 Å². The number of nitrogens with zero attached hydrogens (tertiary/aromatic N) is 1. The number of hydrogen-bond donors (Lipinski definition) is 1. The van der Waals surface area contributed by atoms with Gasteiger partial charge in [0.05, 0.1) is 25.8 Å².